The van der Waals surface area contributed by atoms with Crippen molar-refractivity contribution in [1.82, 2.24) is 9.97 Å². The lowest BCUT2D eigenvalue weighted by Gasteiger charge is -1.97. The predicted octanol–water partition coefficient (Wildman–Crippen LogP) is 3.55. The molecule has 0 aliphatic heterocycles. The molecule has 0 spiro atoms. The summed E-state index contributed by atoms with van der Waals surface area (Å²) in [5.74, 6) is 0.504. The fraction of sp³-hybridized carbons (Fsp3) is 0.0667. The summed E-state index contributed by atoms with van der Waals surface area (Å²) in [5.41, 5.74) is 1.51. The summed E-state index contributed by atoms with van der Waals surface area (Å²) >= 11 is 1.66. The van der Waals surface area contributed by atoms with E-state index >= 15 is 0 Å². The number of imidazole rings is 1. The van der Waals surface area contributed by atoms with Crippen LogP contribution in [0, 0.1) is 0 Å². The Morgan fingerprint density at radius 3 is 2.70 bits per heavy atom. The van der Waals surface area contributed by atoms with Crippen LogP contribution in [0.5, 0.6) is 0 Å². The predicted molar refractivity (Wildman–Crippen MR) is 79.1 cm³/mol. The van der Waals surface area contributed by atoms with Gasteiger partial charge in [0, 0.05) is 4.90 Å². The van der Waals surface area contributed by atoms with Crippen molar-refractivity contribution in [3.63, 3.8) is 0 Å². The number of hydrogen-bond donors (Lipinski definition) is 2. The summed E-state index contributed by atoms with van der Waals surface area (Å²) in [7, 11) is 0. The standard InChI is InChI=1S/C15H12N2O2S/c18-15(19)11-7-4-8-12-14(11)17-13(16-12)9-20-10-5-2-1-3-6-10/h1-8H,9H2,(H,16,17)(H,18,19). The lowest BCUT2D eigenvalue weighted by Crippen LogP contribution is -1.96. The Hall–Kier alpha value is -2.27. The molecule has 0 saturated carbocycles. The van der Waals surface area contributed by atoms with Crippen LogP contribution in [0.4, 0.5) is 0 Å². The smallest absolute Gasteiger partial charge is 0.337 e. The first-order chi connectivity index (χ1) is 9.74. The van der Waals surface area contributed by atoms with Gasteiger partial charge >= 0.3 is 5.97 Å². The highest BCUT2D eigenvalue weighted by atomic mass is 32.2. The molecule has 0 amide bonds. The average molecular weight is 284 g/mol. The number of aromatic nitrogens is 2. The Labute approximate surface area is 119 Å². The summed E-state index contributed by atoms with van der Waals surface area (Å²) in [4.78, 5) is 19.9. The summed E-state index contributed by atoms with van der Waals surface area (Å²) < 4.78 is 0. The molecule has 0 atom stereocenters. The highest BCUT2D eigenvalue weighted by Gasteiger charge is 2.12. The molecule has 2 N–H and O–H groups in total. The number of carboxylic acid groups (broad SMARTS) is 1. The molecule has 0 fully saturated rings. The van der Waals surface area contributed by atoms with Gasteiger partial charge in [0.1, 0.15) is 11.3 Å². The van der Waals surface area contributed by atoms with Crippen molar-refractivity contribution >= 4 is 28.8 Å². The van der Waals surface area contributed by atoms with Gasteiger partial charge in [-0.2, -0.15) is 0 Å². The number of rotatable bonds is 4. The van der Waals surface area contributed by atoms with Crippen molar-refractivity contribution in [1.29, 1.82) is 0 Å². The van der Waals surface area contributed by atoms with Crippen LogP contribution >= 0.6 is 11.8 Å². The lowest BCUT2D eigenvalue weighted by molar-refractivity contribution is 0.0699. The number of carboxylic acids is 1. The maximum Gasteiger partial charge on any atom is 0.337 e. The van der Waals surface area contributed by atoms with Crippen LogP contribution < -0.4 is 0 Å². The van der Waals surface area contributed by atoms with E-state index in [1.54, 1.807) is 23.9 Å². The first kappa shape index (κ1) is 12.7. The SMILES string of the molecule is O=C(O)c1cccc2[nH]c(CSc3ccccc3)nc12. The number of aromatic amines is 1. The number of fused-ring (bicyclic) bond motifs is 1. The number of carbonyl (C=O) groups is 1. The van der Waals surface area contributed by atoms with Gasteiger partial charge in [-0.15, -0.1) is 11.8 Å². The van der Waals surface area contributed by atoms with Crippen LogP contribution in [0.1, 0.15) is 16.2 Å². The maximum absolute atomic E-state index is 11.1. The first-order valence-corrected chi connectivity index (χ1v) is 7.11. The van der Waals surface area contributed by atoms with Crippen LogP contribution in [-0.2, 0) is 5.75 Å². The lowest BCUT2D eigenvalue weighted by atomic mass is 10.2. The number of thioether (sulfide) groups is 1. The number of H-pyrrole nitrogens is 1. The van der Waals surface area contributed by atoms with E-state index in [1.807, 2.05) is 36.4 Å². The molecule has 1 heterocycles. The topological polar surface area (TPSA) is 66.0 Å². The maximum atomic E-state index is 11.1. The second kappa shape index (κ2) is 5.38. The minimum Gasteiger partial charge on any atom is -0.478 e. The Bertz CT molecular complexity index is 753. The summed E-state index contributed by atoms with van der Waals surface area (Å²) in [6.45, 7) is 0. The third-order valence-electron chi connectivity index (χ3n) is 2.91. The molecule has 3 rings (SSSR count). The van der Waals surface area contributed by atoms with Crippen LogP contribution in [0.2, 0.25) is 0 Å². The van der Waals surface area contributed by atoms with Crippen LogP contribution in [0.15, 0.2) is 53.4 Å². The summed E-state index contributed by atoms with van der Waals surface area (Å²) in [6, 6.07) is 15.2. The van der Waals surface area contributed by atoms with E-state index in [4.69, 9.17) is 5.11 Å². The molecule has 3 aromatic rings. The molecule has 5 heteroatoms. The van der Waals surface area contributed by atoms with Crippen LogP contribution in [0.25, 0.3) is 11.0 Å². The Balaban J connectivity index is 1.86. The zero-order valence-corrected chi connectivity index (χ0v) is 11.4. The first-order valence-electron chi connectivity index (χ1n) is 6.13. The van der Waals surface area contributed by atoms with Gasteiger partial charge in [-0.25, -0.2) is 9.78 Å². The second-order valence-electron chi connectivity index (χ2n) is 4.29. The Kier molecular flexibility index (Phi) is 3.43. The van der Waals surface area contributed by atoms with Gasteiger partial charge in [-0.1, -0.05) is 24.3 Å². The number of aromatic carboxylic acids is 1. The van der Waals surface area contributed by atoms with E-state index in [-0.39, 0.29) is 5.56 Å². The van der Waals surface area contributed by atoms with Crippen molar-refractivity contribution < 1.29 is 9.90 Å². The average Bonchev–Trinajstić information content (AvgIpc) is 2.88. The normalized spacial score (nSPS) is 10.8. The van der Waals surface area contributed by atoms with E-state index in [2.05, 4.69) is 9.97 Å². The van der Waals surface area contributed by atoms with Gasteiger partial charge < -0.3 is 10.1 Å². The number of hydrogen-bond acceptors (Lipinski definition) is 3. The second-order valence-corrected chi connectivity index (χ2v) is 5.34. The van der Waals surface area contributed by atoms with Gasteiger partial charge in [0.25, 0.3) is 0 Å². The van der Waals surface area contributed by atoms with Gasteiger partial charge in [-0.3, -0.25) is 0 Å². The number of nitrogens with one attached hydrogen (secondary N) is 1. The van der Waals surface area contributed by atoms with Gasteiger partial charge in [0.15, 0.2) is 0 Å². The monoisotopic (exact) mass is 284 g/mol. The van der Waals surface area contributed by atoms with Crippen molar-refractivity contribution in [2.24, 2.45) is 0 Å². The van der Waals surface area contributed by atoms with Crippen molar-refractivity contribution in [2.45, 2.75) is 10.6 Å². The van der Waals surface area contributed by atoms with Gasteiger partial charge in [-0.05, 0) is 24.3 Å². The van der Waals surface area contributed by atoms with E-state index < -0.39 is 5.97 Å². The zero-order chi connectivity index (χ0) is 13.9. The minimum atomic E-state index is -0.954. The Morgan fingerprint density at radius 2 is 1.95 bits per heavy atom. The number of nitrogens with zero attached hydrogens (tertiary/aromatic N) is 1. The van der Waals surface area contributed by atoms with Crippen molar-refractivity contribution in [2.75, 3.05) is 0 Å². The molecule has 0 unspecified atom stereocenters. The molecular weight excluding hydrogens is 272 g/mol. The van der Waals surface area contributed by atoms with E-state index in [0.717, 1.165) is 16.2 Å². The minimum absolute atomic E-state index is 0.231. The van der Waals surface area contributed by atoms with Crippen LogP contribution in [-0.4, -0.2) is 21.0 Å². The zero-order valence-electron chi connectivity index (χ0n) is 10.5. The molecule has 1 aromatic heterocycles. The Morgan fingerprint density at radius 1 is 1.15 bits per heavy atom. The quantitative estimate of drug-likeness (QED) is 0.719. The molecule has 0 radical (unpaired) electrons. The van der Waals surface area contributed by atoms with Gasteiger partial charge in [0.2, 0.25) is 0 Å². The number of benzene rings is 2. The number of para-hydroxylation sites is 1. The molecule has 4 nitrogen and oxygen atoms in total. The fourth-order valence-corrected chi connectivity index (χ4v) is 2.78. The largest absolute Gasteiger partial charge is 0.478 e. The molecule has 20 heavy (non-hydrogen) atoms. The summed E-state index contributed by atoms with van der Waals surface area (Å²) in [5, 5.41) is 9.14. The molecular formula is C15H12N2O2S. The molecule has 0 aliphatic carbocycles. The van der Waals surface area contributed by atoms with Gasteiger partial charge in [0.05, 0.1) is 16.8 Å². The molecule has 0 aliphatic rings. The molecule has 2 aromatic carbocycles. The summed E-state index contributed by atoms with van der Waals surface area (Å²) in [6.07, 6.45) is 0. The van der Waals surface area contributed by atoms with E-state index in [0.29, 0.717) is 11.3 Å². The fourth-order valence-electron chi connectivity index (χ4n) is 1.99. The highest BCUT2D eigenvalue weighted by molar-refractivity contribution is 7.98. The molecule has 0 bridgehead atoms. The van der Waals surface area contributed by atoms with Crippen molar-refractivity contribution in [3.8, 4) is 0 Å². The van der Waals surface area contributed by atoms with Crippen LogP contribution in [0.3, 0.4) is 0 Å². The van der Waals surface area contributed by atoms with E-state index in [9.17, 15) is 4.79 Å². The highest BCUT2D eigenvalue weighted by Crippen LogP contribution is 2.23. The third kappa shape index (κ3) is 2.53. The molecule has 100 valence electrons. The van der Waals surface area contributed by atoms with Crippen molar-refractivity contribution in [3.05, 3.63) is 59.9 Å². The third-order valence-corrected chi connectivity index (χ3v) is 3.93. The molecule has 0 saturated heterocycles. The van der Waals surface area contributed by atoms with E-state index in [1.165, 1.54) is 0 Å².